The molecule has 0 atom stereocenters. The van der Waals surface area contributed by atoms with Crippen LogP contribution in [-0.4, -0.2) is 15.0 Å². The van der Waals surface area contributed by atoms with Crippen molar-refractivity contribution in [1.29, 1.82) is 5.26 Å². The fourth-order valence-corrected chi connectivity index (χ4v) is 2.18. The maximum atomic E-state index is 9.04. The van der Waals surface area contributed by atoms with Gasteiger partial charge in [0.05, 0.1) is 22.8 Å². The van der Waals surface area contributed by atoms with Crippen molar-refractivity contribution in [2.24, 2.45) is 0 Å². The highest BCUT2D eigenvalue weighted by molar-refractivity contribution is 5.76. The molecule has 4 heteroatoms. The van der Waals surface area contributed by atoms with E-state index >= 15 is 0 Å². The van der Waals surface area contributed by atoms with Crippen LogP contribution in [0.3, 0.4) is 0 Å². The highest BCUT2D eigenvalue weighted by atomic mass is 15.4. The molecule has 0 unspecified atom stereocenters. The van der Waals surface area contributed by atoms with Gasteiger partial charge in [-0.2, -0.15) is 5.26 Å². The fraction of sp³-hybridized carbons (Fsp3) is 0.133. The lowest BCUT2D eigenvalue weighted by Crippen LogP contribution is -2.01. The summed E-state index contributed by atoms with van der Waals surface area (Å²) in [5, 5.41) is 17.4. The fourth-order valence-electron chi connectivity index (χ4n) is 2.18. The first-order chi connectivity index (χ1) is 9.33. The molecule has 92 valence electrons. The first kappa shape index (κ1) is 11.4. The molecular weight excluding hydrogens is 236 g/mol. The van der Waals surface area contributed by atoms with Gasteiger partial charge in [-0.05, 0) is 36.2 Å². The van der Waals surface area contributed by atoms with E-state index in [-0.39, 0.29) is 0 Å². The maximum absolute atomic E-state index is 9.04. The standard InChI is InChI=1S/C15H12N4/c1-2-12-8-7-11(10-16)9-15(12)19-14-6-4-3-5-13(14)17-18-19/h3-9H,2H2,1H3. The van der Waals surface area contributed by atoms with Gasteiger partial charge in [-0.3, -0.25) is 0 Å². The molecule has 0 fully saturated rings. The highest BCUT2D eigenvalue weighted by Crippen LogP contribution is 2.21. The van der Waals surface area contributed by atoms with Gasteiger partial charge in [-0.25, -0.2) is 4.68 Å². The van der Waals surface area contributed by atoms with Crippen molar-refractivity contribution in [2.75, 3.05) is 0 Å². The maximum Gasteiger partial charge on any atom is 0.113 e. The molecule has 0 radical (unpaired) electrons. The highest BCUT2D eigenvalue weighted by Gasteiger charge is 2.10. The first-order valence-electron chi connectivity index (χ1n) is 6.17. The van der Waals surface area contributed by atoms with Gasteiger partial charge in [0, 0.05) is 0 Å². The first-order valence-corrected chi connectivity index (χ1v) is 6.17. The summed E-state index contributed by atoms with van der Waals surface area (Å²) in [7, 11) is 0. The number of aromatic nitrogens is 3. The van der Waals surface area contributed by atoms with E-state index in [4.69, 9.17) is 5.26 Å². The molecule has 0 N–H and O–H groups in total. The third-order valence-electron chi connectivity index (χ3n) is 3.18. The minimum Gasteiger partial charge on any atom is -0.213 e. The molecule has 3 aromatic rings. The predicted molar refractivity (Wildman–Crippen MR) is 73.0 cm³/mol. The second-order valence-electron chi connectivity index (χ2n) is 4.30. The van der Waals surface area contributed by atoms with E-state index in [9.17, 15) is 0 Å². The van der Waals surface area contributed by atoms with E-state index in [0.29, 0.717) is 5.56 Å². The van der Waals surface area contributed by atoms with Crippen molar-refractivity contribution in [3.8, 4) is 11.8 Å². The number of fused-ring (bicyclic) bond motifs is 1. The Balaban J connectivity index is 2.29. The normalized spacial score (nSPS) is 10.5. The van der Waals surface area contributed by atoms with Crippen LogP contribution in [-0.2, 0) is 6.42 Å². The molecule has 0 amide bonds. The average molecular weight is 248 g/mol. The molecule has 1 heterocycles. The Labute approximate surface area is 110 Å². The second-order valence-corrected chi connectivity index (χ2v) is 4.30. The zero-order chi connectivity index (χ0) is 13.2. The van der Waals surface area contributed by atoms with Gasteiger partial charge in [0.2, 0.25) is 0 Å². The van der Waals surface area contributed by atoms with Crippen LogP contribution < -0.4 is 0 Å². The summed E-state index contributed by atoms with van der Waals surface area (Å²) in [6.07, 6.45) is 0.884. The quantitative estimate of drug-likeness (QED) is 0.700. The van der Waals surface area contributed by atoms with Crippen LogP contribution in [0.4, 0.5) is 0 Å². The second kappa shape index (κ2) is 4.54. The lowest BCUT2D eigenvalue weighted by atomic mass is 10.1. The Bertz CT molecular complexity index is 780. The molecule has 0 spiro atoms. The van der Waals surface area contributed by atoms with Gasteiger partial charge in [-0.1, -0.05) is 30.3 Å². The van der Waals surface area contributed by atoms with Crippen LogP contribution in [0.2, 0.25) is 0 Å². The smallest absolute Gasteiger partial charge is 0.113 e. The van der Waals surface area contributed by atoms with Crippen molar-refractivity contribution in [3.05, 3.63) is 53.6 Å². The van der Waals surface area contributed by atoms with Gasteiger partial charge in [0.1, 0.15) is 5.52 Å². The van der Waals surface area contributed by atoms with Crippen LogP contribution in [0.5, 0.6) is 0 Å². The van der Waals surface area contributed by atoms with Crippen molar-refractivity contribution < 1.29 is 0 Å². The molecule has 2 aromatic carbocycles. The number of hydrogen-bond acceptors (Lipinski definition) is 3. The van der Waals surface area contributed by atoms with Crippen LogP contribution in [0.15, 0.2) is 42.5 Å². The van der Waals surface area contributed by atoms with Crippen molar-refractivity contribution in [2.45, 2.75) is 13.3 Å². The third kappa shape index (κ3) is 1.85. The van der Waals surface area contributed by atoms with Gasteiger partial charge in [0.15, 0.2) is 0 Å². The zero-order valence-corrected chi connectivity index (χ0v) is 10.5. The van der Waals surface area contributed by atoms with Crippen LogP contribution in [0.1, 0.15) is 18.1 Å². The monoisotopic (exact) mass is 248 g/mol. The minimum atomic E-state index is 0.631. The number of nitrogens with zero attached hydrogens (tertiary/aromatic N) is 4. The topological polar surface area (TPSA) is 54.5 Å². The summed E-state index contributed by atoms with van der Waals surface area (Å²) >= 11 is 0. The molecule has 0 bridgehead atoms. The number of rotatable bonds is 2. The molecule has 0 saturated carbocycles. The van der Waals surface area contributed by atoms with E-state index in [2.05, 4.69) is 23.3 Å². The average Bonchev–Trinajstić information content (AvgIpc) is 2.90. The van der Waals surface area contributed by atoms with E-state index in [1.165, 1.54) is 0 Å². The van der Waals surface area contributed by atoms with Crippen molar-refractivity contribution in [3.63, 3.8) is 0 Å². The van der Waals surface area contributed by atoms with Gasteiger partial charge < -0.3 is 0 Å². The summed E-state index contributed by atoms with van der Waals surface area (Å²) in [6, 6.07) is 15.6. The Hall–Kier alpha value is -2.67. The number of nitriles is 1. The minimum absolute atomic E-state index is 0.631. The van der Waals surface area contributed by atoms with Crippen molar-refractivity contribution >= 4 is 11.0 Å². The van der Waals surface area contributed by atoms with Crippen LogP contribution >= 0.6 is 0 Å². The Kier molecular flexibility index (Phi) is 2.73. The molecular formula is C15H12N4. The molecule has 3 rings (SSSR count). The number of aryl methyl sites for hydroxylation is 1. The summed E-state index contributed by atoms with van der Waals surface area (Å²) in [5.74, 6) is 0. The number of hydrogen-bond donors (Lipinski definition) is 0. The summed E-state index contributed by atoms with van der Waals surface area (Å²) in [4.78, 5) is 0. The molecule has 0 aliphatic heterocycles. The van der Waals surface area contributed by atoms with Crippen molar-refractivity contribution in [1.82, 2.24) is 15.0 Å². The molecule has 4 nitrogen and oxygen atoms in total. The zero-order valence-electron chi connectivity index (χ0n) is 10.5. The van der Waals surface area contributed by atoms with E-state index in [1.807, 2.05) is 42.5 Å². The molecule has 1 aromatic heterocycles. The summed E-state index contributed by atoms with van der Waals surface area (Å²) in [6.45, 7) is 2.09. The van der Waals surface area contributed by atoms with Crippen LogP contribution in [0, 0.1) is 11.3 Å². The largest absolute Gasteiger partial charge is 0.213 e. The molecule has 19 heavy (non-hydrogen) atoms. The Morgan fingerprint density at radius 2 is 2.05 bits per heavy atom. The molecule has 0 saturated heterocycles. The number of benzene rings is 2. The van der Waals surface area contributed by atoms with E-state index < -0.39 is 0 Å². The Morgan fingerprint density at radius 1 is 1.21 bits per heavy atom. The molecule has 0 aliphatic rings. The predicted octanol–water partition coefficient (Wildman–Crippen LogP) is 2.85. The van der Waals surface area contributed by atoms with Gasteiger partial charge >= 0.3 is 0 Å². The van der Waals surface area contributed by atoms with Gasteiger partial charge in [0.25, 0.3) is 0 Å². The number of para-hydroxylation sites is 1. The summed E-state index contributed by atoms with van der Waals surface area (Å²) < 4.78 is 1.80. The van der Waals surface area contributed by atoms with E-state index in [0.717, 1.165) is 28.7 Å². The van der Waals surface area contributed by atoms with E-state index in [1.54, 1.807) is 4.68 Å². The Morgan fingerprint density at radius 3 is 2.84 bits per heavy atom. The SMILES string of the molecule is CCc1ccc(C#N)cc1-n1nnc2ccccc21. The van der Waals surface area contributed by atoms with Crippen LogP contribution in [0.25, 0.3) is 16.7 Å². The third-order valence-corrected chi connectivity index (χ3v) is 3.18. The van der Waals surface area contributed by atoms with Gasteiger partial charge in [-0.15, -0.1) is 5.10 Å². The lowest BCUT2D eigenvalue weighted by molar-refractivity contribution is 0.813. The summed E-state index contributed by atoms with van der Waals surface area (Å²) in [5.41, 5.74) is 4.51. The lowest BCUT2D eigenvalue weighted by Gasteiger charge is -2.08. The molecule has 0 aliphatic carbocycles.